The first-order valence-electron chi connectivity index (χ1n) is 5.91. The Bertz CT molecular complexity index is 283. The molecule has 2 unspecified atom stereocenters. The number of hydrogen-bond acceptors (Lipinski definition) is 3. The number of carboxylic acids is 1. The molecule has 98 valence electrons. The molecule has 6 heteroatoms. The van der Waals surface area contributed by atoms with Crippen molar-refractivity contribution in [3.63, 3.8) is 0 Å². The second-order valence-electron chi connectivity index (χ2n) is 4.57. The van der Waals surface area contributed by atoms with Gasteiger partial charge in [0.2, 0.25) is 0 Å². The average molecular weight is 244 g/mol. The fourth-order valence-corrected chi connectivity index (χ4v) is 1.88. The molecule has 0 radical (unpaired) electrons. The van der Waals surface area contributed by atoms with E-state index in [1.54, 1.807) is 11.8 Å². The maximum atomic E-state index is 11.7. The predicted octanol–water partition coefficient (Wildman–Crippen LogP) is 0.264. The largest absolute Gasteiger partial charge is 0.481 e. The van der Waals surface area contributed by atoms with Crippen LogP contribution in [0, 0.1) is 5.92 Å². The Kier molecular flexibility index (Phi) is 5.21. The monoisotopic (exact) mass is 244 g/mol. The number of hydrogen-bond donors (Lipinski definition) is 3. The van der Waals surface area contributed by atoms with Gasteiger partial charge in [-0.3, -0.25) is 4.79 Å². The Hall–Kier alpha value is -1.30. The second-order valence-corrected chi connectivity index (χ2v) is 4.57. The van der Waals surface area contributed by atoms with Crippen molar-refractivity contribution in [3.8, 4) is 0 Å². The summed E-state index contributed by atoms with van der Waals surface area (Å²) in [5.41, 5.74) is 0. The maximum absolute atomic E-state index is 11.7. The number of nitrogens with zero attached hydrogens (tertiary/aromatic N) is 1. The summed E-state index contributed by atoms with van der Waals surface area (Å²) < 4.78 is 0. The Balaban J connectivity index is 2.27. The van der Waals surface area contributed by atoms with Crippen LogP contribution in [-0.2, 0) is 4.79 Å². The minimum absolute atomic E-state index is 0.0563. The van der Waals surface area contributed by atoms with E-state index >= 15 is 0 Å². The van der Waals surface area contributed by atoms with E-state index in [0.29, 0.717) is 19.5 Å². The highest BCUT2D eigenvalue weighted by molar-refractivity contribution is 5.75. The van der Waals surface area contributed by atoms with E-state index in [0.717, 1.165) is 6.42 Å². The van der Waals surface area contributed by atoms with Crippen LogP contribution in [0.5, 0.6) is 0 Å². The van der Waals surface area contributed by atoms with Crippen LogP contribution in [0.1, 0.15) is 26.2 Å². The minimum atomic E-state index is -0.854. The van der Waals surface area contributed by atoms with Crippen LogP contribution in [0.4, 0.5) is 4.79 Å². The standard InChI is InChI=1S/C11H20N2O4/c1-8(2-3-10(15)16)12-11(17)13-5-4-9(6-13)7-14/h8-9,14H,2-7H2,1H3,(H,12,17)(H,15,16). The van der Waals surface area contributed by atoms with Crippen molar-refractivity contribution in [1.29, 1.82) is 0 Å². The van der Waals surface area contributed by atoms with Gasteiger partial charge in [-0.2, -0.15) is 0 Å². The number of aliphatic hydroxyl groups is 1. The van der Waals surface area contributed by atoms with Crippen molar-refractivity contribution in [2.75, 3.05) is 19.7 Å². The Morgan fingerprint density at radius 1 is 1.53 bits per heavy atom. The van der Waals surface area contributed by atoms with Gasteiger partial charge in [-0.1, -0.05) is 0 Å². The van der Waals surface area contributed by atoms with E-state index in [-0.39, 0.29) is 31.0 Å². The fourth-order valence-electron chi connectivity index (χ4n) is 1.88. The highest BCUT2D eigenvalue weighted by Gasteiger charge is 2.26. The summed E-state index contributed by atoms with van der Waals surface area (Å²) >= 11 is 0. The molecule has 17 heavy (non-hydrogen) atoms. The van der Waals surface area contributed by atoms with Crippen molar-refractivity contribution < 1.29 is 19.8 Å². The number of rotatable bonds is 5. The van der Waals surface area contributed by atoms with E-state index in [4.69, 9.17) is 10.2 Å². The number of aliphatic hydroxyl groups excluding tert-OH is 1. The van der Waals surface area contributed by atoms with Crippen molar-refractivity contribution in [2.45, 2.75) is 32.2 Å². The highest BCUT2D eigenvalue weighted by Crippen LogP contribution is 2.15. The number of urea groups is 1. The molecule has 2 amide bonds. The smallest absolute Gasteiger partial charge is 0.317 e. The molecule has 0 aliphatic carbocycles. The topological polar surface area (TPSA) is 89.9 Å². The number of carbonyl (C=O) groups is 2. The molecule has 1 fully saturated rings. The molecule has 0 saturated carbocycles. The number of amides is 2. The molecule has 1 heterocycles. The molecule has 1 aliphatic rings. The SMILES string of the molecule is CC(CCC(=O)O)NC(=O)N1CCC(CO)C1. The summed E-state index contributed by atoms with van der Waals surface area (Å²) in [6.45, 7) is 3.13. The number of nitrogens with one attached hydrogen (secondary N) is 1. The molecule has 0 bridgehead atoms. The lowest BCUT2D eigenvalue weighted by atomic mass is 10.1. The molecule has 0 aromatic carbocycles. The van der Waals surface area contributed by atoms with Crippen LogP contribution < -0.4 is 5.32 Å². The zero-order valence-corrected chi connectivity index (χ0v) is 10.1. The molecular formula is C11H20N2O4. The van der Waals surface area contributed by atoms with Crippen LogP contribution in [0.15, 0.2) is 0 Å². The summed E-state index contributed by atoms with van der Waals surface area (Å²) in [6.07, 6.45) is 1.31. The van der Waals surface area contributed by atoms with E-state index < -0.39 is 5.97 Å². The Labute approximate surface area is 101 Å². The maximum Gasteiger partial charge on any atom is 0.317 e. The van der Waals surface area contributed by atoms with E-state index in [9.17, 15) is 9.59 Å². The summed E-state index contributed by atoms with van der Waals surface area (Å²) in [7, 11) is 0. The lowest BCUT2D eigenvalue weighted by molar-refractivity contribution is -0.137. The quantitative estimate of drug-likeness (QED) is 0.647. The van der Waals surface area contributed by atoms with Gasteiger partial charge in [0.05, 0.1) is 0 Å². The summed E-state index contributed by atoms with van der Waals surface area (Å²) in [4.78, 5) is 23.8. The first kappa shape index (κ1) is 13.8. The number of carboxylic acid groups (broad SMARTS) is 1. The fraction of sp³-hybridized carbons (Fsp3) is 0.818. The molecule has 0 aromatic heterocycles. The average Bonchev–Trinajstić information content (AvgIpc) is 2.74. The third-order valence-corrected chi connectivity index (χ3v) is 2.99. The van der Waals surface area contributed by atoms with Gasteiger partial charge in [0.25, 0.3) is 0 Å². The lowest BCUT2D eigenvalue weighted by Crippen LogP contribution is -2.43. The lowest BCUT2D eigenvalue weighted by Gasteiger charge is -2.20. The van der Waals surface area contributed by atoms with Gasteiger partial charge in [0.15, 0.2) is 0 Å². The van der Waals surface area contributed by atoms with Gasteiger partial charge in [-0.15, -0.1) is 0 Å². The number of carbonyl (C=O) groups excluding carboxylic acids is 1. The molecule has 0 aromatic rings. The van der Waals surface area contributed by atoms with Crippen LogP contribution >= 0.6 is 0 Å². The molecule has 2 atom stereocenters. The summed E-state index contributed by atoms with van der Waals surface area (Å²) in [6, 6.07) is -0.314. The van der Waals surface area contributed by atoms with E-state index in [1.807, 2.05) is 0 Å². The first-order chi connectivity index (χ1) is 8.02. The third kappa shape index (κ3) is 4.60. The molecule has 1 aliphatic heterocycles. The molecule has 6 nitrogen and oxygen atoms in total. The molecule has 3 N–H and O–H groups in total. The van der Waals surface area contributed by atoms with Gasteiger partial charge in [-0.05, 0) is 19.8 Å². The second kappa shape index (κ2) is 6.44. The molecule has 1 rings (SSSR count). The van der Waals surface area contributed by atoms with Crippen molar-refractivity contribution >= 4 is 12.0 Å². The van der Waals surface area contributed by atoms with Gasteiger partial charge < -0.3 is 20.4 Å². The first-order valence-corrected chi connectivity index (χ1v) is 5.91. The van der Waals surface area contributed by atoms with Crippen molar-refractivity contribution in [1.82, 2.24) is 10.2 Å². The van der Waals surface area contributed by atoms with Crippen molar-refractivity contribution in [2.24, 2.45) is 5.92 Å². The van der Waals surface area contributed by atoms with Gasteiger partial charge in [-0.25, -0.2) is 4.79 Å². The van der Waals surface area contributed by atoms with Gasteiger partial charge in [0.1, 0.15) is 0 Å². The Morgan fingerprint density at radius 3 is 2.76 bits per heavy atom. The number of aliphatic carboxylic acids is 1. The predicted molar refractivity (Wildman–Crippen MR) is 61.6 cm³/mol. The summed E-state index contributed by atoms with van der Waals surface area (Å²) in [5, 5.41) is 20.3. The third-order valence-electron chi connectivity index (χ3n) is 2.99. The van der Waals surface area contributed by atoms with Crippen LogP contribution in [-0.4, -0.2) is 52.9 Å². The molecular weight excluding hydrogens is 224 g/mol. The normalized spacial score (nSPS) is 21.3. The van der Waals surface area contributed by atoms with Gasteiger partial charge >= 0.3 is 12.0 Å². The zero-order valence-electron chi connectivity index (χ0n) is 10.1. The van der Waals surface area contributed by atoms with Crippen molar-refractivity contribution in [3.05, 3.63) is 0 Å². The summed E-state index contributed by atoms with van der Waals surface area (Å²) in [5.74, 6) is -0.678. The highest BCUT2D eigenvalue weighted by atomic mass is 16.4. The van der Waals surface area contributed by atoms with Crippen LogP contribution in [0.25, 0.3) is 0 Å². The minimum Gasteiger partial charge on any atom is -0.481 e. The Morgan fingerprint density at radius 2 is 2.24 bits per heavy atom. The van der Waals surface area contributed by atoms with Crippen LogP contribution in [0.3, 0.4) is 0 Å². The molecule has 1 saturated heterocycles. The van der Waals surface area contributed by atoms with E-state index in [1.165, 1.54) is 0 Å². The molecule has 0 spiro atoms. The van der Waals surface area contributed by atoms with Gasteiger partial charge in [0, 0.05) is 38.1 Å². The zero-order chi connectivity index (χ0) is 12.8. The van der Waals surface area contributed by atoms with Crippen LogP contribution in [0.2, 0.25) is 0 Å². The van der Waals surface area contributed by atoms with E-state index in [2.05, 4.69) is 5.32 Å². The number of likely N-dealkylation sites (tertiary alicyclic amines) is 1.